The van der Waals surface area contributed by atoms with Gasteiger partial charge < -0.3 is 9.64 Å². The number of benzene rings is 2. The fourth-order valence-corrected chi connectivity index (χ4v) is 2.47. The summed E-state index contributed by atoms with van der Waals surface area (Å²) in [4.78, 5) is 13.9. The Balaban J connectivity index is 2.15. The Hall–Kier alpha value is -2.55. The third-order valence-electron chi connectivity index (χ3n) is 3.53. The van der Waals surface area contributed by atoms with E-state index in [9.17, 15) is 4.79 Å². The number of para-hydroxylation sites is 1. The summed E-state index contributed by atoms with van der Waals surface area (Å²) in [5.41, 5.74) is 3.57. The van der Waals surface area contributed by atoms with Crippen LogP contribution in [0.25, 0.3) is 11.8 Å². The maximum absolute atomic E-state index is 12.2. The minimum atomic E-state index is 0.0294. The fourth-order valence-electron chi connectivity index (χ4n) is 2.47. The summed E-state index contributed by atoms with van der Waals surface area (Å²) < 4.78 is 5.36. The molecule has 3 heteroatoms. The molecule has 1 amide bonds. The van der Waals surface area contributed by atoms with E-state index < -0.39 is 0 Å². The Morgan fingerprint density at radius 3 is 2.40 bits per heavy atom. The fraction of sp³-hybridized carbons (Fsp3) is 0.118. The van der Waals surface area contributed by atoms with E-state index in [1.54, 1.807) is 19.1 Å². The van der Waals surface area contributed by atoms with Gasteiger partial charge in [-0.05, 0) is 18.2 Å². The molecule has 1 heterocycles. The monoisotopic (exact) mass is 265 g/mol. The van der Waals surface area contributed by atoms with Gasteiger partial charge in [0, 0.05) is 23.7 Å². The van der Waals surface area contributed by atoms with Gasteiger partial charge in [-0.2, -0.15) is 0 Å². The van der Waals surface area contributed by atoms with Gasteiger partial charge in [-0.25, -0.2) is 0 Å². The first-order valence-corrected chi connectivity index (χ1v) is 6.44. The third-order valence-corrected chi connectivity index (χ3v) is 3.53. The summed E-state index contributed by atoms with van der Waals surface area (Å²) in [6.07, 6.45) is 1.99. The summed E-state index contributed by atoms with van der Waals surface area (Å²) in [6, 6.07) is 15.4. The molecular weight excluding hydrogens is 250 g/mol. The highest BCUT2D eigenvalue weighted by molar-refractivity contribution is 6.11. The third kappa shape index (κ3) is 1.88. The van der Waals surface area contributed by atoms with Crippen molar-refractivity contribution in [2.24, 2.45) is 0 Å². The van der Waals surface area contributed by atoms with Gasteiger partial charge in [-0.3, -0.25) is 4.79 Å². The Bertz CT molecular complexity index is 704. The van der Waals surface area contributed by atoms with Crippen LogP contribution in [0.2, 0.25) is 0 Å². The Labute approximate surface area is 118 Å². The molecule has 100 valence electrons. The lowest BCUT2D eigenvalue weighted by molar-refractivity contribution is 0.0875. The molecule has 0 atom stereocenters. The largest absolute Gasteiger partial charge is 0.496 e. The molecular formula is C17H15NO2. The van der Waals surface area contributed by atoms with Crippen molar-refractivity contribution >= 4 is 17.7 Å². The summed E-state index contributed by atoms with van der Waals surface area (Å²) in [6.45, 7) is 0. The smallest absolute Gasteiger partial charge is 0.258 e. The van der Waals surface area contributed by atoms with Crippen LogP contribution in [-0.4, -0.2) is 25.0 Å². The molecule has 20 heavy (non-hydrogen) atoms. The number of hydrogen-bond acceptors (Lipinski definition) is 2. The van der Waals surface area contributed by atoms with Crippen molar-refractivity contribution in [2.75, 3.05) is 14.2 Å². The molecule has 2 aromatic carbocycles. The highest BCUT2D eigenvalue weighted by Crippen LogP contribution is 2.34. The molecule has 0 N–H and O–H groups in total. The highest BCUT2D eigenvalue weighted by atomic mass is 16.5. The van der Waals surface area contributed by atoms with E-state index >= 15 is 0 Å². The first-order chi connectivity index (χ1) is 9.72. The number of nitrogens with zero attached hydrogens (tertiary/aromatic N) is 1. The van der Waals surface area contributed by atoms with E-state index in [2.05, 4.69) is 0 Å². The molecule has 0 bridgehead atoms. The molecule has 0 spiro atoms. The number of carbonyl (C=O) groups is 1. The van der Waals surface area contributed by atoms with Gasteiger partial charge in [0.1, 0.15) is 5.75 Å². The lowest BCUT2D eigenvalue weighted by atomic mass is 10.1. The zero-order valence-corrected chi connectivity index (χ0v) is 11.5. The van der Waals surface area contributed by atoms with Crippen molar-refractivity contribution in [3.8, 4) is 5.75 Å². The molecule has 0 saturated heterocycles. The number of methoxy groups -OCH3 is 1. The summed E-state index contributed by atoms with van der Waals surface area (Å²) >= 11 is 0. The van der Waals surface area contributed by atoms with E-state index in [-0.39, 0.29) is 5.91 Å². The molecule has 3 nitrogen and oxygen atoms in total. The normalized spacial score (nSPS) is 15.6. The van der Waals surface area contributed by atoms with Gasteiger partial charge in [0.05, 0.1) is 12.8 Å². The topological polar surface area (TPSA) is 29.5 Å². The number of amides is 1. The molecule has 0 radical (unpaired) electrons. The minimum Gasteiger partial charge on any atom is -0.496 e. The number of hydrogen-bond donors (Lipinski definition) is 0. The Morgan fingerprint density at radius 2 is 1.65 bits per heavy atom. The molecule has 0 aromatic heterocycles. The number of ether oxygens (including phenoxy) is 1. The van der Waals surface area contributed by atoms with E-state index in [1.165, 1.54) is 0 Å². The van der Waals surface area contributed by atoms with Gasteiger partial charge in [0.25, 0.3) is 5.91 Å². The predicted octanol–water partition coefficient (Wildman–Crippen LogP) is 3.28. The molecule has 3 rings (SSSR count). The molecule has 0 fully saturated rings. The first-order valence-electron chi connectivity index (χ1n) is 6.44. The second kappa shape index (κ2) is 4.85. The van der Waals surface area contributed by atoms with Crippen LogP contribution in [0.15, 0.2) is 48.5 Å². The van der Waals surface area contributed by atoms with Crippen LogP contribution in [0.5, 0.6) is 5.75 Å². The van der Waals surface area contributed by atoms with Crippen LogP contribution < -0.4 is 4.74 Å². The van der Waals surface area contributed by atoms with E-state index in [0.717, 1.165) is 28.1 Å². The van der Waals surface area contributed by atoms with E-state index in [1.807, 2.05) is 54.6 Å². The molecule has 1 aliphatic rings. The zero-order chi connectivity index (χ0) is 14.1. The lowest BCUT2D eigenvalue weighted by Gasteiger charge is -2.12. The van der Waals surface area contributed by atoms with Crippen molar-refractivity contribution in [1.82, 2.24) is 4.90 Å². The summed E-state index contributed by atoms with van der Waals surface area (Å²) in [5.74, 6) is 0.826. The average molecular weight is 265 g/mol. The lowest BCUT2D eigenvalue weighted by Crippen LogP contribution is -2.16. The highest BCUT2D eigenvalue weighted by Gasteiger charge is 2.28. The summed E-state index contributed by atoms with van der Waals surface area (Å²) in [7, 11) is 3.44. The van der Waals surface area contributed by atoms with Gasteiger partial charge >= 0.3 is 0 Å². The Morgan fingerprint density at radius 1 is 1.00 bits per heavy atom. The SMILES string of the molecule is COc1ccccc1/C=C1\c2ccccc2C(=O)N1C. The van der Waals surface area contributed by atoms with Crippen LogP contribution in [0.1, 0.15) is 21.5 Å². The van der Waals surface area contributed by atoms with Crippen molar-refractivity contribution in [3.63, 3.8) is 0 Å². The molecule has 1 aliphatic heterocycles. The molecule has 0 unspecified atom stereocenters. The molecule has 2 aromatic rings. The number of rotatable bonds is 2. The van der Waals surface area contributed by atoms with Gasteiger partial charge in [-0.1, -0.05) is 36.4 Å². The van der Waals surface area contributed by atoms with Crippen LogP contribution >= 0.6 is 0 Å². The Kier molecular flexibility index (Phi) is 3.03. The van der Waals surface area contributed by atoms with E-state index in [0.29, 0.717) is 0 Å². The number of fused-ring (bicyclic) bond motifs is 1. The minimum absolute atomic E-state index is 0.0294. The summed E-state index contributed by atoms with van der Waals surface area (Å²) in [5, 5.41) is 0. The predicted molar refractivity (Wildman–Crippen MR) is 79.4 cm³/mol. The standard InChI is InChI=1S/C17H15NO2/c1-18-15(11-12-7-3-6-10-16(12)20-2)13-8-4-5-9-14(13)17(18)19/h3-11H,1-2H3/b15-11+. The van der Waals surface area contributed by atoms with Crippen molar-refractivity contribution in [2.45, 2.75) is 0 Å². The quantitative estimate of drug-likeness (QED) is 0.834. The molecule has 0 saturated carbocycles. The van der Waals surface area contributed by atoms with Crippen molar-refractivity contribution in [3.05, 3.63) is 65.2 Å². The van der Waals surface area contributed by atoms with Crippen LogP contribution in [0.4, 0.5) is 0 Å². The van der Waals surface area contributed by atoms with Gasteiger partial charge in [0.15, 0.2) is 0 Å². The van der Waals surface area contributed by atoms with Crippen molar-refractivity contribution in [1.29, 1.82) is 0 Å². The van der Waals surface area contributed by atoms with Gasteiger partial charge in [-0.15, -0.1) is 0 Å². The van der Waals surface area contributed by atoms with Crippen LogP contribution in [0.3, 0.4) is 0 Å². The first kappa shape index (κ1) is 12.5. The zero-order valence-electron chi connectivity index (χ0n) is 11.5. The number of carbonyl (C=O) groups excluding carboxylic acids is 1. The van der Waals surface area contributed by atoms with Crippen molar-refractivity contribution < 1.29 is 9.53 Å². The second-order valence-corrected chi connectivity index (χ2v) is 4.68. The molecule has 0 aliphatic carbocycles. The maximum atomic E-state index is 12.2. The second-order valence-electron chi connectivity index (χ2n) is 4.68. The van der Waals surface area contributed by atoms with Crippen LogP contribution in [-0.2, 0) is 0 Å². The van der Waals surface area contributed by atoms with E-state index in [4.69, 9.17) is 4.74 Å². The van der Waals surface area contributed by atoms with Crippen LogP contribution in [0, 0.1) is 0 Å². The van der Waals surface area contributed by atoms with Gasteiger partial charge in [0.2, 0.25) is 0 Å². The average Bonchev–Trinajstić information content (AvgIpc) is 2.73. The maximum Gasteiger partial charge on any atom is 0.258 e.